The first-order chi connectivity index (χ1) is 13.3. The summed E-state index contributed by atoms with van der Waals surface area (Å²) in [5, 5.41) is 16.5. The van der Waals surface area contributed by atoms with Crippen LogP contribution in [0.2, 0.25) is 0 Å². The summed E-state index contributed by atoms with van der Waals surface area (Å²) in [4.78, 5) is 12.4. The van der Waals surface area contributed by atoms with E-state index in [1.165, 1.54) is 11.8 Å². The molecular weight excluding hydrogens is 364 g/mol. The lowest BCUT2D eigenvalue weighted by Gasteiger charge is -2.10. The fourth-order valence-electron chi connectivity index (χ4n) is 2.89. The van der Waals surface area contributed by atoms with Gasteiger partial charge in [0.1, 0.15) is 0 Å². The molecule has 0 aliphatic carbocycles. The Balaban J connectivity index is 1.65. The maximum Gasteiger partial charge on any atom is 0.437 e. The normalized spacial score (nSPS) is 13.3. The number of nitrogens with one attached hydrogen (secondary N) is 1. The number of H-pyrrole nitrogens is 1. The molecule has 1 N–H and O–H groups in total. The third-order valence-electron chi connectivity index (χ3n) is 4.14. The van der Waals surface area contributed by atoms with Crippen molar-refractivity contribution in [1.29, 1.82) is 0 Å². The van der Waals surface area contributed by atoms with E-state index in [1.54, 1.807) is 9.36 Å². The van der Waals surface area contributed by atoms with Gasteiger partial charge < -0.3 is 0 Å². The molecule has 2 aromatic carbocycles. The third kappa shape index (κ3) is 2.68. The monoisotopic (exact) mass is 377 g/mol. The molecule has 8 nitrogen and oxygen atoms in total. The minimum absolute atomic E-state index is 0.354. The Labute approximate surface area is 157 Å². The van der Waals surface area contributed by atoms with Gasteiger partial charge in [-0.3, -0.25) is 4.52 Å². The second kappa shape index (κ2) is 6.36. The maximum absolute atomic E-state index is 12.4. The predicted molar refractivity (Wildman–Crippen MR) is 99.0 cm³/mol. The van der Waals surface area contributed by atoms with E-state index in [0.717, 1.165) is 11.3 Å². The van der Waals surface area contributed by atoms with Crippen molar-refractivity contribution in [2.24, 2.45) is 5.10 Å². The molecule has 0 saturated heterocycles. The molecule has 1 aliphatic heterocycles. The van der Waals surface area contributed by atoms with E-state index < -0.39 is 5.63 Å². The van der Waals surface area contributed by atoms with E-state index >= 15 is 0 Å². The number of benzene rings is 2. The maximum atomic E-state index is 12.4. The standard InChI is InChI=1S/C18H12N6O2S/c25-17-15(23(22-26-17)13-9-5-2-6-10-13)14-11-27-18-20-19-16(24(18)21-14)12-7-3-1-4-8-12/h1-10H,11H2/p+1. The second-order valence-corrected chi connectivity index (χ2v) is 6.76. The number of fused-ring (bicyclic) bond motifs is 1. The highest BCUT2D eigenvalue weighted by atomic mass is 32.2. The average Bonchev–Trinajstić information content (AvgIpc) is 3.32. The van der Waals surface area contributed by atoms with E-state index in [1.807, 2.05) is 60.7 Å². The molecule has 132 valence electrons. The van der Waals surface area contributed by atoms with Gasteiger partial charge in [0.05, 0.1) is 5.75 Å². The number of rotatable bonds is 3. The average molecular weight is 377 g/mol. The summed E-state index contributed by atoms with van der Waals surface area (Å²) < 4.78 is 8.30. The van der Waals surface area contributed by atoms with Gasteiger partial charge in [0.2, 0.25) is 10.8 Å². The molecule has 0 spiro atoms. The van der Waals surface area contributed by atoms with E-state index in [2.05, 4.69) is 20.6 Å². The van der Waals surface area contributed by atoms with Gasteiger partial charge in [0, 0.05) is 17.7 Å². The highest BCUT2D eigenvalue weighted by Gasteiger charge is 2.32. The van der Waals surface area contributed by atoms with Crippen LogP contribution >= 0.6 is 11.8 Å². The molecule has 0 fully saturated rings. The number of thioether (sulfide) groups is 1. The molecule has 3 heterocycles. The van der Waals surface area contributed by atoms with Crippen LogP contribution in [0.25, 0.3) is 17.1 Å². The molecule has 0 unspecified atom stereocenters. The third-order valence-corrected chi connectivity index (χ3v) is 5.07. The molecule has 0 bridgehead atoms. The number of hydrogen-bond acceptors (Lipinski definition) is 6. The number of para-hydroxylation sites is 1. The fraction of sp³-hybridized carbons (Fsp3) is 0.0556. The van der Waals surface area contributed by atoms with E-state index in [0.29, 0.717) is 28.1 Å². The van der Waals surface area contributed by atoms with Crippen molar-refractivity contribution in [3.05, 3.63) is 76.8 Å². The summed E-state index contributed by atoms with van der Waals surface area (Å²) in [5.74, 6) is 1.11. The van der Waals surface area contributed by atoms with Crippen LogP contribution in [0.15, 0.2) is 80.2 Å². The predicted octanol–water partition coefficient (Wildman–Crippen LogP) is 1.86. The number of aromatic nitrogens is 5. The summed E-state index contributed by atoms with van der Waals surface area (Å²) in [7, 11) is 0. The topological polar surface area (TPSA) is 93.0 Å². The van der Waals surface area contributed by atoms with E-state index in [4.69, 9.17) is 4.52 Å². The highest BCUT2D eigenvalue weighted by Crippen LogP contribution is 2.27. The van der Waals surface area contributed by atoms with Gasteiger partial charge in [0.25, 0.3) is 0 Å². The molecule has 1 aliphatic rings. The summed E-state index contributed by atoms with van der Waals surface area (Å²) in [6, 6.07) is 19.1. The van der Waals surface area contributed by atoms with Gasteiger partial charge in [-0.25, -0.2) is 4.79 Å². The van der Waals surface area contributed by atoms with Gasteiger partial charge in [-0.1, -0.05) is 60.3 Å². The van der Waals surface area contributed by atoms with Crippen molar-refractivity contribution >= 4 is 17.5 Å². The molecular formula is C18H13N6O2S+. The smallest absolute Gasteiger partial charge is 0.282 e. The minimum atomic E-state index is -0.476. The first kappa shape index (κ1) is 15.8. The van der Waals surface area contributed by atoms with Gasteiger partial charge in [-0.05, 0) is 9.95 Å². The molecule has 2 aromatic heterocycles. The summed E-state index contributed by atoms with van der Waals surface area (Å²) in [6.45, 7) is 0. The van der Waals surface area contributed by atoms with Crippen LogP contribution in [0.1, 0.15) is 5.69 Å². The van der Waals surface area contributed by atoms with Crippen molar-refractivity contribution in [2.45, 2.75) is 5.16 Å². The summed E-state index contributed by atoms with van der Waals surface area (Å²) in [5.41, 5.74) is 2.15. The van der Waals surface area contributed by atoms with E-state index in [-0.39, 0.29) is 0 Å². The van der Waals surface area contributed by atoms with Crippen molar-refractivity contribution in [1.82, 2.24) is 20.1 Å². The molecule has 0 amide bonds. The summed E-state index contributed by atoms with van der Waals surface area (Å²) >= 11 is 1.47. The van der Waals surface area contributed by atoms with Crippen LogP contribution in [0.5, 0.6) is 0 Å². The zero-order valence-electron chi connectivity index (χ0n) is 13.9. The quantitative estimate of drug-likeness (QED) is 0.550. The molecule has 0 atom stereocenters. The lowest BCUT2D eigenvalue weighted by Crippen LogP contribution is -2.42. The second-order valence-electron chi connectivity index (χ2n) is 5.82. The largest absolute Gasteiger partial charge is 0.437 e. The van der Waals surface area contributed by atoms with Crippen molar-refractivity contribution in [3.8, 4) is 17.1 Å². The van der Waals surface area contributed by atoms with Crippen LogP contribution in [0.4, 0.5) is 0 Å². The molecule has 0 saturated carbocycles. The number of nitrogens with zero attached hydrogens (tertiary/aromatic N) is 5. The Hall–Kier alpha value is -3.46. The van der Waals surface area contributed by atoms with Crippen LogP contribution in [-0.2, 0) is 0 Å². The lowest BCUT2D eigenvalue weighted by molar-refractivity contribution is -0.671. The van der Waals surface area contributed by atoms with Crippen LogP contribution in [0, 0.1) is 0 Å². The molecule has 9 heteroatoms. The molecule has 4 aromatic rings. The van der Waals surface area contributed by atoms with Crippen molar-refractivity contribution in [2.75, 3.05) is 5.75 Å². The number of aromatic amines is 1. The van der Waals surface area contributed by atoms with Crippen molar-refractivity contribution in [3.63, 3.8) is 0 Å². The van der Waals surface area contributed by atoms with Crippen molar-refractivity contribution < 1.29 is 9.20 Å². The lowest BCUT2D eigenvalue weighted by atomic mass is 10.2. The SMILES string of the molecule is O=c1o[nH][n+](-c2ccccc2)c1C1=Nn2c(nnc2-c2ccccc2)SC1. The summed E-state index contributed by atoms with van der Waals surface area (Å²) in [6.07, 6.45) is 0. The highest BCUT2D eigenvalue weighted by molar-refractivity contribution is 7.99. The zero-order chi connectivity index (χ0) is 18.2. The number of hydrogen-bond donors (Lipinski definition) is 1. The zero-order valence-corrected chi connectivity index (χ0v) is 14.8. The first-order valence-corrected chi connectivity index (χ1v) is 9.20. The first-order valence-electron chi connectivity index (χ1n) is 8.22. The molecule has 27 heavy (non-hydrogen) atoms. The Morgan fingerprint density at radius 2 is 1.78 bits per heavy atom. The van der Waals surface area contributed by atoms with Crippen LogP contribution < -0.4 is 10.3 Å². The van der Waals surface area contributed by atoms with Gasteiger partial charge in [0.15, 0.2) is 11.5 Å². The van der Waals surface area contributed by atoms with Gasteiger partial charge in [-0.2, -0.15) is 9.78 Å². The molecule has 5 rings (SSSR count). The van der Waals surface area contributed by atoms with Crippen LogP contribution in [0.3, 0.4) is 0 Å². The van der Waals surface area contributed by atoms with E-state index in [9.17, 15) is 4.79 Å². The Morgan fingerprint density at radius 3 is 2.56 bits per heavy atom. The minimum Gasteiger partial charge on any atom is -0.282 e. The molecule has 0 radical (unpaired) electrons. The van der Waals surface area contributed by atoms with Gasteiger partial charge >= 0.3 is 11.3 Å². The Morgan fingerprint density at radius 1 is 1.04 bits per heavy atom. The Bertz CT molecular complexity index is 1190. The van der Waals surface area contributed by atoms with Gasteiger partial charge in [-0.15, -0.1) is 10.2 Å². The fourth-order valence-corrected chi connectivity index (χ4v) is 3.70. The Kier molecular flexibility index (Phi) is 3.72. The van der Waals surface area contributed by atoms with Crippen LogP contribution in [-0.4, -0.2) is 31.6 Å².